The molecule has 0 fully saturated rings. The van der Waals surface area contributed by atoms with Crippen LogP contribution in [0.3, 0.4) is 0 Å². The fourth-order valence-corrected chi connectivity index (χ4v) is 2.88. The lowest BCUT2D eigenvalue weighted by molar-refractivity contribution is -0.127. The molecular weight excluding hydrogens is 409 g/mol. The Kier molecular flexibility index (Phi) is 6.84. The number of nitrogens with zero attached hydrogens (tertiary/aromatic N) is 2. The summed E-state index contributed by atoms with van der Waals surface area (Å²) >= 11 is 5.99. The minimum Gasteiger partial charge on any atom is -0.481 e. The zero-order valence-electron chi connectivity index (χ0n) is 16.6. The van der Waals surface area contributed by atoms with E-state index in [2.05, 4.69) is 10.4 Å². The summed E-state index contributed by atoms with van der Waals surface area (Å²) in [5.41, 5.74) is 1.79. The van der Waals surface area contributed by atoms with Crippen LogP contribution in [0.4, 0.5) is 4.39 Å². The number of rotatable bonds is 7. The van der Waals surface area contributed by atoms with E-state index in [1.807, 2.05) is 6.92 Å². The summed E-state index contributed by atoms with van der Waals surface area (Å²) in [6, 6.07) is 14.0. The first-order valence-electron chi connectivity index (χ1n) is 9.38. The molecule has 1 atom stereocenters. The Morgan fingerprint density at radius 2 is 1.93 bits per heavy atom. The summed E-state index contributed by atoms with van der Waals surface area (Å²) in [6.45, 7) is 3.88. The predicted octanol–water partition coefficient (Wildman–Crippen LogP) is 3.59. The van der Waals surface area contributed by atoms with Crippen molar-refractivity contribution in [3.8, 4) is 17.0 Å². The van der Waals surface area contributed by atoms with Crippen molar-refractivity contribution in [1.29, 1.82) is 0 Å². The van der Waals surface area contributed by atoms with Crippen molar-refractivity contribution in [1.82, 2.24) is 15.1 Å². The summed E-state index contributed by atoms with van der Waals surface area (Å²) in [5.74, 6) is -0.116. The van der Waals surface area contributed by atoms with E-state index in [0.29, 0.717) is 22.0 Å². The van der Waals surface area contributed by atoms with E-state index in [1.54, 1.807) is 43.3 Å². The number of benzene rings is 2. The summed E-state index contributed by atoms with van der Waals surface area (Å²) in [7, 11) is 0. The number of carbonyl (C=O) groups is 1. The quantitative estimate of drug-likeness (QED) is 0.623. The molecule has 0 saturated heterocycles. The Morgan fingerprint density at radius 3 is 2.63 bits per heavy atom. The van der Waals surface area contributed by atoms with E-state index in [1.165, 1.54) is 22.9 Å². The fourth-order valence-electron chi connectivity index (χ4n) is 2.76. The molecule has 3 rings (SSSR count). The zero-order chi connectivity index (χ0) is 21.7. The van der Waals surface area contributed by atoms with Gasteiger partial charge in [0.15, 0.2) is 6.10 Å². The van der Waals surface area contributed by atoms with Gasteiger partial charge >= 0.3 is 0 Å². The Labute approximate surface area is 178 Å². The number of nitrogens with one attached hydrogen (secondary N) is 1. The number of carbonyl (C=O) groups excluding carboxylic acids is 1. The van der Waals surface area contributed by atoms with Crippen LogP contribution in [0, 0.1) is 12.7 Å². The van der Waals surface area contributed by atoms with Gasteiger partial charge in [0.2, 0.25) is 0 Å². The largest absolute Gasteiger partial charge is 0.481 e. The molecular formula is C22H21ClFN3O3. The third-order valence-corrected chi connectivity index (χ3v) is 4.87. The van der Waals surface area contributed by atoms with Gasteiger partial charge in [0.05, 0.1) is 12.2 Å². The minimum absolute atomic E-state index is 0.187. The molecule has 3 aromatic rings. The second-order valence-corrected chi connectivity index (χ2v) is 7.16. The van der Waals surface area contributed by atoms with Gasteiger partial charge < -0.3 is 10.1 Å². The van der Waals surface area contributed by atoms with Gasteiger partial charge in [0.1, 0.15) is 11.6 Å². The third kappa shape index (κ3) is 5.45. The number of aromatic nitrogens is 2. The van der Waals surface area contributed by atoms with Gasteiger partial charge in [0, 0.05) is 23.2 Å². The second kappa shape index (κ2) is 9.54. The molecule has 30 heavy (non-hydrogen) atoms. The number of amides is 1. The monoisotopic (exact) mass is 429 g/mol. The Morgan fingerprint density at radius 1 is 1.20 bits per heavy atom. The highest BCUT2D eigenvalue weighted by Gasteiger charge is 2.15. The van der Waals surface area contributed by atoms with Crippen LogP contribution >= 0.6 is 11.6 Å². The van der Waals surface area contributed by atoms with Gasteiger partial charge in [0.25, 0.3) is 11.5 Å². The number of ether oxygens (including phenoxy) is 1. The van der Waals surface area contributed by atoms with Crippen LogP contribution in [-0.4, -0.2) is 28.3 Å². The highest BCUT2D eigenvalue weighted by molar-refractivity contribution is 6.31. The number of aryl methyl sites for hydroxylation is 1. The Bertz CT molecular complexity index is 1100. The van der Waals surface area contributed by atoms with Crippen LogP contribution in [0.1, 0.15) is 12.5 Å². The summed E-state index contributed by atoms with van der Waals surface area (Å²) in [5, 5.41) is 7.64. The topological polar surface area (TPSA) is 73.2 Å². The lowest BCUT2D eigenvalue weighted by atomic mass is 10.1. The van der Waals surface area contributed by atoms with Crippen molar-refractivity contribution in [3.63, 3.8) is 0 Å². The number of hydrogen-bond acceptors (Lipinski definition) is 4. The van der Waals surface area contributed by atoms with Crippen LogP contribution < -0.4 is 15.6 Å². The zero-order valence-corrected chi connectivity index (χ0v) is 17.3. The van der Waals surface area contributed by atoms with Crippen LogP contribution in [0.15, 0.2) is 59.4 Å². The van der Waals surface area contributed by atoms with Crippen molar-refractivity contribution in [2.24, 2.45) is 0 Å². The molecule has 0 aliphatic rings. The van der Waals surface area contributed by atoms with Gasteiger partial charge in [-0.05, 0) is 67.9 Å². The van der Waals surface area contributed by atoms with Gasteiger partial charge in [-0.1, -0.05) is 11.6 Å². The van der Waals surface area contributed by atoms with Crippen LogP contribution in [0.25, 0.3) is 11.3 Å². The molecule has 1 heterocycles. The van der Waals surface area contributed by atoms with E-state index >= 15 is 0 Å². The minimum atomic E-state index is -0.721. The standard InChI is InChI=1S/C22H21ClFN3O3/c1-14-13-18(7-8-19(14)23)30-15(2)22(29)25-11-12-27-21(28)10-9-20(26-27)16-3-5-17(24)6-4-16/h3-10,13,15H,11-12H2,1-2H3,(H,25,29). The summed E-state index contributed by atoms with van der Waals surface area (Å²) in [6.07, 6.45) is -0.721. The molecule has 0 bridgehead atoms. The van der Waals surface area contributed by atoms with Gasteiger partial charge in [-0.2, -0.15) is 5.10 Å². The van der Waals surface area contributed by atoms with Crippen molar-refractivity contribution in [2.45, 2.75) is 26.5 Å². The van der Waals surface area contributed by atoms with Crippen LogP contribution in [-0.2, 0) is 11.3 Å². The van der Waals surface area contributed by atoms with E-state index in [9.17, 15) is 14.0 Å². The highest BCUT2D eigenvalue weighted by atomic mass is 35.5. The Hall–Kier alpha value is -3.19. The fraction of sp³-hybridized carbons (Fsp3) is 0.227. The maximum atomic E-state index is 13.1. The van der Waals surface area contributed by atoms with Gasteiger partial charge in [-0.15, -0.1) is 0 Å². The average molecular weight is 430 g/mol. The first-order chi connectivity index (χ1) is 14.3. The predicted molar refractivity (Wildman–Crippen MR) is 113 cm³/mol. The molecule has 0 saturated carbocycles. The first-order valence-corrected chi connectivity index (χ1v) is 9.76. The molecule has 6 nitrogen and oxygen atoms in total. The summed E-state index contributed by atoms with van der Waals surface area (Å²) in [4.78, 5) is 24.3. The highest BCUT2D eigenvalue weighted by Crippen LogP contribution is 2.22. The molecule has 1 aromatic heterocycles. The average Bonchev–Trinajstić information content (AvgIpc) is 2.72. The third-order valence-electron chi connectivity index (χ3n) is 4.44. The molecule has 0 spiro atoms. The van der Waals surface area contributed by atoms with Crippen molar-refractivity contribution in [3.05, 3.63) is 81.4 Å². The molecule has 2 aromatic carbocycles. The summed E-state index contributed by atoms with van der Waals surface area (Å²) < 4.78 is 20.0. The smallest absolute Gasteiger partial charge is 0.266 e. The van der Waals surface area contributed by atoms with Crippen molar-refractivity contribution < 1.29 is 13.9 Å². The van der Waals surface area contributed by atoms with Gasteiger partial charge in [-0.3, -0.25) is 9.59 Å². The van der Waals surface area contributed by atoms with Gasteiger partial charge in [-0.25, -0.2) is 9.07 Å². The number of halogens is 2. The van der Waals surface area contributed by atoms with E-state index in [0.717, 1.165) is 5.56 Å². The molecule has 1 unspecified atom stereocenters. The van der Waals surface area contributed by atoms with E-state index in [-0.39, 0.29) is 30.4 Å². The maximum absolute atomic E-state index is 13.1. The lowest BCUT2D eigenvalue weighted by Crippen LogP contribution is -2.39. The normalized spacial score (nSPS) is 11.7. The molecule has 0 radical (unpaired) electrons. The SMILES string of the molecule is Cc1cc(OC(C)C(=O)NCCn2nc(-c3ccc(F)cc3)ccc2=O)ccc1Cl. The maximum Gasteiger partial charge on any atom is 0.266 e. The molecule has 0 aliphatic heterocycles. The molecule has 0 aliphatic carbocycles. The number of hydrogen-bond donors (Lipinski definition) is 1. The molecule has 8 heteroatoms. The molecule has 156 valence electrons. The van der Waals surface area contributed by atoms with E-state index < -0.39 is 6.10 Å². The van der Waals surface area contributed by atoms with Crippen molar-refractivity contribution >= 4 is 17.5 Å². The lowest BCUT2D eigenvalue weighted by Gasteiger charge is -2.15. The molecule has 1 N–H and O–H groups in total. The first kappa shape index (κ1) is 21.5. The Balaban J connectivity index is 1.58. The van der Waals surface area contributed by atoms with Crippen LogP contribution in [0.5, 0.6) is 5.75 Å². The van der Waals surface area contributed by atoms with Crippen LogP contribution in [0.2, 0.25) is 5.02 Å². The van der Waals surface area contributed by atoms with Crippen molar-refractivity contribution in [2.75, 3.05) is 6.54 Å². The second-order valence-electron chi connectivity index (χ2n) is 6.75. The molecule has 1 amide bonds. The van der Waals surface area contributed by atoms with E-state index in [4.69, 9.17) is 16.3 Å².